The van der Waals surface area contributed by atoms with Gasteiger partial charge in [0, 0.05) is 38.0 Å². The number of benzene rings is 1. The Morgan fingerprint density at radius 2 is 2.14 bits per heavy atom. The van der Waals surface area contributed by atoms with E-state index in [9.17, 15) is 4.79 Å². The Labute approximate surface area is 165 Å². The molecule has 1 aromatic heterocycles. The highest BCUT2D eigenvalue weighted by molar-refractivity contribution is 5.82. The van der Waals surface area contributed by atoms with Crippen LogP contribution in [0.1, 0.15) is 26.5 Å². The lowest BCUT2D eigenvalue weighted by Gasteiger charge is -2.39. The van der Waals surface area contributed by atoms with Gasteiger partial charge < -0.3 is 24.3 Å². The molecule has 0 aliphatic carbocycles. The standard InChI is InChI=1S/C21H28N4O3/c1-21(2,3)28-20(26)24-10-11-25-16(14-24)13-23-19(25)22-9-8-17-12-15-6-4-5-7-18(15)27-17/h4-7,12,16H,8-11,13-14H2,1-3H3,(H,22,23). The Hall–Kier alpha value is -2.70. The average Bonchev–Trinajstić information content (AvgIpc) is 3.23. The zero-order chi connectivity index (χ0) is 19.7. The van der Waals surface area contributed by atoms with Crippen LogP contribution in [0.4, 0.5) is 4.79 Å². The Morgan fingerprint density at radius 3 is 2.93 bits per heavy atom. The smallest absolute Gasteiger partial charge is 0.410 e. The van der Waals surface area contributed by atoms with Gasteiger partial charge in [0.2, 0.25) is 0 Å². The quantitative estimate of drug-likeness (QED) is 0.881. The van der Waals surface area contributed by atoms with Crippen molar-refractivity contribution >= 4 is 23.0 Å². The molecule has 2 aliphatic heterocycles. The van der Waals surface area contributed by atoms with Crippen molar-refractivity contribution in [2.45, 2.75) is 38.8 Å². The van der Waals surface area contributed by atoms with E-state index in [1.165, 1.54) is 0 Å². The van der Waals surface area contributed by atoms with Crippen LogP contribution in [0, 0.1) is 0 Å². The Bertz CT molecular complexity index is 850. The fraction of sp³-hybridized carbons (Fsp3) is 0.524. The number of furan rings is 1. The molecule has 0 spiro atoms. The van der Waals surface area contributed by atoms with E-state index in [1.54, 1.807) is 4.90 Å². The van der Waals surface area contributed by atoms with Gasteiger partial charge in [-0.25, -0.2) is 4.79 Å². The van der Waals surface area contributed by atoms with Crippen molar-refractivity contribution in [3.8, 4) is 0 Å². The predicted molar refractivity (Wildman–Crippen MR) is 109 cm³/mol. The lowest BCUT2D eigenvalue weighted by molar-refractivity contribution is 0.0137. The van der Waals surface area contributed by atoms with Crippen molar-refractivity contribution < 1.29 is 13.9 Å². The van der Waals surface area contributed by atoms with Crippen LogP contribution in [0.5, 0.6) is 0 Å². The topological polar surface area (TPSA) is 70.3 Å². The first-order valence-corrected chi connectivity index (χ1v) is 9.89. The third-order valence-corrected chi connectivity index (χ3v) is 4.99. The largest absolute Gasteiger partial charge is 0.461 e. The summed E-state index contributed by atoms with van der Waals surface area (Å²) in [7, 11) is 0. The highest BCUT2D eigenvalue weighted by Gasteiger charge is 2.36. The summed E-state index contributed by atoms with van der Waals surface area (Å²) < 4.78 is 11.4. The minimum atomic E-state index is -0.468. The molecule has 28 heavy (non-hydrogen) atoms. The zero-order valence-electron chi connectivity index (χ0n) is 16.8. The van der Waals surface area contributed by atoms with E-state index < -0.39 is 5.60 Å². The highest BCUT2D eigenvalue weighted by atomic mass is 16.6. The second kappa shape index (κ2) is 7.37. The van der Waals surface area contributed by atoms with E-state index in [0.29, 0.717) is 19.6 Å². The number of hydrogen-bond donors (Lipinski definition) is 1. The number of rotatable bonds is 3. The summed E-state index contributed by atoms with van der Waals surface area (Å²) >= 11 is 0. The monoisotopic (exact) mass is 384 g/mol. The number of carbonyl (C=O) groups excluding carboxylic acids is 1. The van der Waals surface area contributed by atoms with Crippen molar-refractivity contribution in [3.05, 3.63) is 36.1 Å². The number of aliphatic imine (C=N–C) groups is 1. The zero-order valence-corrected chi connectivity index (χ0v) is 16.8. The van der Waals surface area contributed by atoms with E-state index in [-0.39, 0.29) is 12.1 Å². The van der Waals surface area contributed by atoms with E-state index in [0.717, 1.165) is 42.2 Å². The Kier molecular flexibility index (Phi) is 4.91. The van der Waals surface area contributed by atoms with Crippen LogP contribution in [-0.4, -0.2) is 66.2 Å². The van der Waals surface area contributed by atoms with Gasteiger partial charge in [0.25, 0.3) is 0 Å². The molecule has 1 unspecified atom stereocenters. The summed E-state index contributed by atoms with van der Waals surface area (Å²) in [4.78, 5) is 21.0. The van der Waals surface area contributed by atoms with Crippen LogP contribution in [0.25, 0.3) is 11.0 Å². The van der Waals surface area contributed by atoms with Crippen LogP contribution < -0.4 is 5.32 Å². The van der Waals surface area contributed by atoms with Gasteiger partial charge in [0.05, 0.1) is 12.6 Å². The normalized spacial score (nSPS) is 19.5. The molecule has 150 valence electrons. The first-order chi connectivity index (χ1) is 13.4. The summed E-state index contributed by atoms with van der Waals surface area (Å²) in [5, 5.41) is 4.57. The molecule has 2 aliphatic rings. The van der Waals surface area contributed by atoms with E-state index >= 15 is 0 Å². The number of carbonyl (C=O) groups is 1. The maximum Gasteiger partial charge on any atom is 0.410 e. The SMILES string of the molecule is CC(C)(C)OC(=O)N1CCN2C(NCCc3cc4ccccc4o3)=NCC2C1. The molecular formula is C21H28N4O3. The molecule has 0 bridgehead atoms. The van der Waals surface area contributed by atoms with Crippen molar-refractivity contribution in [2.24, 2.45) is 4.99 Å². The number of guanidine groups is 1. The highest BCUT2D eigenvalue weighted by Crippen LogP contribution is 2.20. The number of fused-ring (bicyclic) bond motifs is 2. The van der Waals surface area contributed by atoms with Crippen LogP contribution in [0.15, 0.2) is 39.7 Å². The molecule has 1 atom stereocenters. The fourth-order valence-corrected chi connectivity index (χ4v) is 3.68. The number of amides is 1. The lowest BCUT2D eigenvalue weighted by Crippen LogP contribution is -2.57. The molecule has 3 heterocycles. The minimum Gasteiger partial charge on any atom is -0.461 e. The van der Waals surface area contributed by atoms with Crippen LogP contribution in [0.3, 0.4) is 0 Å². The predicted octanol–water partition coefficient (Wildman–Crippen LogP) is 2.86. The third kappa shape index (κ3) is 4.08. The molecule has 1 saturated heterocycles. The summed E-state index contributed by atoms with van der Waals surface area (Å²) in [6, 6.07) is 10.4. The van der Waals surface area contributed by atoms with Gasteiger partial charge in [-0.3, -0.25) is 4.99 Å². The molecule has 1 amide bonds. The molecule has 7 nitrogen and oxygen atoms in total. The van der Waals surface area contributed by atoms with E-state index in [2.05, 4.69) is 27.3 Å². The maximum absolute atomic E-state index is 12.3. The first-order valence-electron chi connectivity index (χ1n) is 9.89. The van der Waals surface area contributed by atoms with Crippen molar-refractivity contribution in [1.82, 2.24) is 15.1 Å². The fourth-order valence-electron chi connectivity index (χ4n) is 3.68. The van der Waals surface area contributed by atoms with Gasteiger partial charge in [-0.1, -0.05) is 18.2 Å². The van der Waals surface area contributed by atoms with Crippen molar-refractivity contribution in [1.29, 1.82) is 0 Å². The van der Waals surface area contributed by atoms with Crippen LogP contribution >= 0.6 is 0 Å². The summed E-state index contributed by atoms with van der Waals surface area (Å²) in [5.41, 5.74) is 0.457. The van der Waals surface area contributed by atoms with Gasteiger partial charge in [-0.05, 0) is 32.9 Å². The van der Waals surface area contributed by atoms with E-state index in [4.69, 9.17) is 9.15 Å². The number of ether oxygens (including phenoxy) is 1. The van der Waals surface area contributed by atoms with Gasteiger partial charge >= 0.3 is 6.09 Å². The lowest BCUT2D eigenvalue weighted by atomic mass is 10.2. The molecule has 1 N–H and O–H groups in total. The second-order valence-corrected chi connectivity index (χ2v) is 8.37. The Balaban J connectivity index is 1.27. The van der Waals surface area contributed by atoms with Crippen molar-refractivity contribution in [3.63, 3.8) is 0 Å². The number of nitrogens with one attached hydrogen (secondary N) is 1. The van der Waals surface area contributed by atoms with Gasteiger partial charge in [0.1, 0.15) is 16.9 Å². The Morgan fingerprint density at radius 1 is 1.32 bits per heavy atom. The molecule has 7 heteroatoms. The van der Waals surface area contributed by atoms with Gasteiger partial charge in [-0.15, -0.1) is 0 Å². The van der Waals surface area contributed by atoms with Crippen molar-refractivity contribution in [2.75, 3.05) is 32.7 Å². The molecule has 0 radical (unpaired) electrons. The molecule has 0 saturated carbocycles. The first kappa shape index (κ1) is 18.7. The minimum absolute atomic E-state index is 0.218. The molecule has 1 aromatic carbocycles. The molecule has 1 fully saturated rings. The van der Waals surface area contributed by atoms with Crippen LogP contribution in [0.2, 0.25) is 0 Å². The summed E-state index contributed by atoms with van der Waals surface area (Å²) in [5.74, 6) is 1.89. The molecule has 2 aromatic rings. The average molecular weight is 384 g/mol. The number of nitrogens with zero attached hydrogens (tertiary/aromatic N) is 3. The third-order valence-electron chi connectivity index (χ3n) is 4.99. The van der Waals surface area contributed by atoms with Gasteiger partial charge in [0.15, 0.2) is 5.96 Å². The molecule has 4 rings (SSSR count). The number of hydrogen-bond acceptors (Lipinski definition) is 6. The number of piperazine rings is 1. The van der Waals surface area contributed by atoms with E-state index in [1.807, 2.05) is 39.0 Å². The second-order valence-electron chi connectivity index (χ2n) is 8.37. The summed E-state index contributed by atoms with van der Waals surface area (Å²) in [6.45, 7) is 9.20. The maximum atomic E-state index is 12.3. The summed E-state index contributed by atoms with van der Waals surface area (Å²) in [6.07, 6.45) is 0.564. The van der Waals surface area contributed by atoms with Gasteiger partial charge in [-0.2, -0.15) is 0 Å². The molecular weight excluding hydrogens is 356 g/mol. The number of para-hydroxylation sites is 1. The van der Waals surface area contributed by atoms with Crippen LogP contribution in [-0.2, 0) is 11.2 Å².